The van der Waals surface area contributed by atoms with Gasteiger partial charge in [0.05, 0.1) is 0 Å². The standard InChI is InChI=1S/C25H29.3ClH.Ti/c1-5-6-17-25(22-13-9-7-10-14-22,23-15-11-8-12-16-23)24-20(3)18-19(2)21(24)4;;;;/h7-16,18H,5-6,17H2,1-4H3;3*1H;/q;;;;+3/p-3. The molecule has 0 nitrogen and oxygen atoms in total. The van der Waals surface area contributed by atoms with E-state index in [0.29, 0.717) is 0 Å². The minimum Gasteiger partial charge on any atom is -1.00 e. The fourth-order valence-electron chi connectivity index (χ4n) is 4.75. The normalized spacial score (nSPS) is 18.3. The van der Waals surface area contributed by atoms with Gasteiger partial charge in [-0.25, -0.2) is 0 Å². The molecule has 2 aromatic rings. The maximum Gasteiger partial charge on any atom is -1.00 e. The van der Waals surface area contributed by atoms with Crippen molar-refractivity contribution in [2.45, 2.75) is 56.1 Å². The molecule has 4 heteroatoms. The van der Waals surface area contributed by atoms with Crippen LogP contribution in [0, 0.1) is 0 Å². The molecule has 154 valence electrons. The monoisotopic (exact) mass is 482 g/mol. The first-order chi connectivity index (χ1) is 12.5. The van der Waals surface area contributed by atoms with Crippen molar-refractivity contribution in [1.82, 2.24) is 0 Å². The average Bonchev–Trinajstić information content (AvgIpc) is 2.88. The molecule has 1 atom stereocenters. The van der Waals surface area contributed by atoms with Gasteiger partial charge in [-0.05, 0) is 0 Å². The van der Waals surface area contributed by atoms with Gasteiger partial charge in [0, 0.05) is 0 Å². The average molecular weight is 484 g/mol. The predicted octanol–water partition coefficient (Wildman–Crippen LogP) is -1.82. The molecule has 0 heterocycles. The zero-order chi connectivity index (χ0) is 18.8. The number of allylic oxidation sites excluding steroid dienone is 4. The van der Waals surface area contributed by atoms with Gasteiger partial charge in [-0.1, -0.05) is 0 Å². The first-order valence-electron chi connectivity index (χ1n) is 9.71. The van der Waals surface area contributed by atoms with Crippen molar-refractivity contribution in [3.63, 3.8) is 0 Å². The molecule has 0 amide bonds. The molecule has 3 rings (SSSR count). The van der Waals surface area contributed by atoms with Crippen molar-refractivity contribution in [2.75, 3.05) is 0 Å². The van der Waals surface area contributed by atoms with E-state index >= 15 is 0 Å². The molecule has 0 saturated heterocycles. The van der Waals surface area contributed by atoms with Gasteiger partial charge in [-0.3, -0.25) is 0 Å². The van der Waals surface area contributed by atoms with Gasteiger partial charge in [0.2, 0.25) is 0 Å². The Balaban J connectivity index is 0.00000261. The third-order valence-corrected chi connectivity index (χ3v) is 8.12. The van der Waals surface area contributed by atoms with Gasteiger partial charge < -0.3 is 37.2 Å². The summed E-state index contributed by atoms with van der Waals surface area (Å²) in [6.45, 7) is 9.24. The first kappa shape index (κ1) is 28.5. The SMILES string of the molecule is CCCCC(c1ccccc1)(c1ccccc1)[C]1([Ti+3])C(C)=CC(C)=C1C.[Cl-].[Cl-].[Cl-]. The van der Waals surface area contributed by atoms with Crippen LogP contribution in [0.5, 0.6) is 0 Å². The van der Waals surface area contributed by atoms with Gasteiger partial charge in [0.15, 0.2) is 0 Å². The third-order valence-electron chi connectivity index (χ3n) is 6.26. The molecule has 0 aliphatic heterocycles. The fourth-order valence-corrected chi connectivity index (χ4v) is 5.82. The van der Waals surface area contributed by atoms with Crippen molar-refractivity contribution in [2.24, 2.45) is 0 Å². The minimum atomic E-state index is -0.0477. The summed E-state index contributed by atoms with van der Waals surface area (Å²) >= 11 is 2.47. The minimum absolute atomic E-state index is 0. The van der Waals surface area contributed by atoms with Crippen molar-refractivity contribution >= 4 is 0 Å². The molecule has 0 spiro atoms. The summed E-state index contributed by atoms with van der Waals surface area (Å²) in [5, 5.41) is 0. The third kappa shape index (κ3) is 4.73. The number of unbranched alkanes of at least 4 members (excludes halogenated alkanes) is 1. The number of halogens is 3. The van der Waals surface area contributed by atoms with Gasteiger partial charge in [0.1, 0.15) is 0 Å². The van der Waals surface area contributed by atoms with Crippen LogP contribution in [0.1, 0.15) is 58.1 Å². The Morgan fingerprint density at radius 1 is 0.793 bits per heavy atom. The maximum absolute atomic E-state index is 2.47. The van der Waals surface area contributed by atoms with Crippen LogP contribution in [0.2, 0.25) is 3.72 Å². The molecule has 0 saturated carbocycles. The summed E-state index contributed by atoms with van der Waals surface area (Å²) in [6, 6.07) is 22.4. The van der Waals surface area contributed by atoms with E-state index in [1.807, 2.05) is 0 Å². The Bertz CT molecular complexity index is 788. The predicted molar refractivity (Wildman–Crippen MR) is 108 cm³/mol. The molecule has 0 radical (unpaired) electrons. The van der Waals surface area contributed by atoms with Crippen LogP contribution in [0.25, 0.3) is 0 Å². The molecule has 1 aliphatic rings. The smallest absolute Gasteiger partial charge is 1.00 e. The number of hydrogen-bond donors (Lipinski definition) is 0. The zero-order valence-electron chi connectivity index (χ0n) is 17.6. The van der Waals surface area contributed by atoms with Crippen molar-refractivity contribution in [3.05, 3.63) is 94.6 Å². The van der Waals surface area contributed by atoms with E-state index in [1.165, 1.54) is 40.7 Å². The van der Waals surface area contributed by atoms with Gasteiger partial charge in [-0.2, -0.15) is 0 Å². The molecule has 1 aliphatic carbocycles. The van der Waals surface area contributed by atoms with E-state index in [4.69, 9.17) is 0 Å². The molecule has 29 heavy (non-hydrogen) atoms. The van der Waals surface area contributed by atoms with Crippen LogP contribution in [-0.4, -0.2) is 0 Å². The number of hydrogen-bond acceptors (Lipinski definition) is 0. The van der Waals surface area contributed by atoms with Crippen molar-refractivity contribution in [1.29, 1.82) is 0 Å². The van der Waals surface area contributed by atoms with Crippen molar-refractivity contribution in [3.8, 4) is 0 Å². The Hall–Kier alpha value is -0.496. The Labute approximate surface area is 207 Å². The fraction of sp³-hybridized carbons (Fsp3) is 0.360. The summed E-state index contributed by atoms with van der Waals surface area (Å²) < 4.78 is -0.00500. The van der Waals surface area contributed by atoms with Gasteiger partial charge >= 0.3 is 171 Å². The summed E-state index contributed by atoms with van der Waals surface area (Å²) in [6.07, 6.45) is 5.99. The summed E-state index contributed by atoms with van der Waals surface area (Å²) in [5.74, 6) is 0. The van der Waals surface area contributed by atoms with E-state index in [2.05, 4.69) is 115 Å². The van der Waals surface area contributed by atoms with Crippen LogP contribution in [0.3, 0.4) is 0 Å². The molecule has 1 unspecified atom stereocenters. The molecule has 0 N–H and O–H groups in total. The zero-order valence-corrected chi connectivity index (χ0v) is 21.4. The molecular formula is C25H29Cl3Ti. The molecule has 0 fully saturated rings. The van der Waals surface area contributed by atoms with Crippen LogP contribution >= 0.6 is 0 Å². The van der Waals surface area contributed by atoms with Gasteiger partial charge in [0.25, 0.3) is 0 Å². The topological polar surface area (TPSA) is 0 Å². The second-order valence-electron chi connectivity index (χ2n) is 7.63. The van der Waals surface area contributed by atoms with Crippen LogP contribution in [0.4, 0.5) is 0 Å². The quantitative estimate of drug-likeness (QED) is 0.425. The Morgan fingerprint density at radius 3 is 1.59 bits per heavy atom. The largest absolute Gasteiger partial charge is 1.00 e. The van der Waals surface area contributed by atoms with E-state index in [9.17, 15) is 0 Å². The Kier molecular flexibility index (Phi) is 11.6. The van der Waals surface area contributed by atoms with E-state index in [-0.39, 0.29) is 46.4 Å². The molecule has 0 bridgehead atoms. The summed E-state index contributed by atoms with van der Waals surface area (Å²) in [4.78, 5) is 0. The van der Waals surface area contributed by atoms with Crippen LogP contribution < -0.4 is 37.2 Å². The number of benzene rings is 2. The molecular weight excluding hydrogens is 455 g/mol. The van der Waals surface area contributed by atoms with E-state index in [1.54, 1.807) is 0 Å². The molecule has 0 aromatic heterocycles. The molecule has 2 aromatic carbocycles. The van der Waals surface area contributed by atoms with Crippen molar-refractivity contribution < 1.29 is 57.7 Å². The second kappa shape index (κ2) is 11.8. The first-order valence-corrected chi connectivity index (χ1v) is 10.5. The summed E-state index contributed by atoms with van der Waals surface area (Å²) in [7, 11) is 0. The van der Waals surface area contributed by atoms with Crippen LogP contribution in [-0.2, 0) is 25.9 Å². The summed E-state index contributed by atoms with van der Waals surface area (Å²) in [5.41, 5.74) is 7.24. The van der Waals surface area contributed by atoms with E-state index in [0.717, 1.165) is 6.42 Å². The van der Waals surface area contributed by atoms with E-state index < -0.39 is 0 Å². The van der Waals surface area contributed by atoms with Gasteiger partial charge in [-0.15, -0.1) is 0 Å². The van der Waals surface area contributed by atoms with Crippen LogP contribution in [0.15, 0.2) is 83.5 Å². The maximum atomic E-state index is 2.47. The second-order valence-corrected chi connectivity index (χ2v) is 8.80. The number of rotatable bonds is 6. The Morgan fingerprint density at radius 2 is 1.24 bits per heavy atom.